The molecule has 0 fully saturated rings. The molecule has 24 heavy (non-hydrogen) atoms. The minimum Gasteiger partial charge on any atom is -0.361 e. The van der Waals surface area contributed by atoms with Crippen molar-refractivity contribution >= 4 is 16.9 Å². The fourth-order valence-electron chi connectivity index (χ4n) is 2.89. The maximum atomic E-state index is 12.7. The summed E-state index contributed by atoms with van der Waals surface area (Å²) in [7, 11) is 0. The largest absolute Gasteiger partial charge is 0.361 e. The van der Waals surface area contributed by atoms with Crippen molar-refractivity contribution in [2.24, 2.45) is 5.92 Å². The Labute approximate surface area is 140 Å². The maximum Gasteiger partial charge on any atom is 0.257 e. The second kappa shape index (κ2) is 6.47. The van der Waals surface area contributed by atoms with Gasteiger partial charge in [0.15, 0.2) is 0 Å². The number of para-hydroxylation sites is 2. The summed E-state index contributed by atoms with van der Waals surface area (Å²) in [5, 5.41) is 6.93. The molecule has 1 unspecified atom stereocenters. The van der Waals surface area contributed by atoms with Gasteiger partial charge < -0.3 is 14.8 Å². The number of nitrogens with one attached hydrogen (secondary N) is 2. The molecule has 3 aromatic rings. The number of carbonyl (C=O) groups excluding carboxylic acids is 1. The van der Waals surface area contributed by atoms with Gasteiger partial charge in [-0.2, -0.15) is 0 Å². The molecule has 0 aliphatic rings. The van der Waals surface area contributed by atoms with E-state index in [1.54, 1.807) is 13.8 Å². The van der Waals surface area contributed by atoms with Crippen LogP contribution in [0.25, 0.3) is 11.0 Å². The molecule has 6 nitrogen and oxygen atoms in total. The lowest BCUT2D eigenvalue weighted by Crippen LogP contribution is -2.31. The smallest absolute Gasteiger partial charge is 0.257 e. The van der Waals surface area contributed by atoms with Crippen molar-refractivity contribution in [1.29, 1.82) is 0 Å². The van der Waals surface area contributed by atoms with Gasteiger partial charge in [0.05, 0.1) is 22.8 Å². The molecule has 2 N–H and O–H groups in total. The van der Waals surface area contributed by atoms with E-state index >= 15 is 0 Å². The third kappa shape index (κ3) is 3.18. The van der Waals surface area contributed by atoms with E-state index in [1.807, 2.05) is 24.3 Å². The number of aryl methyl sites for hydroxylation is 2. The van der Waals surface area contributed by atoms with E-state index in [9.17, 15) is 4.79 Å². The van der Waals surface area contributed by atoms with Gasteiger partial charge in [0.25, 0.3) is 5.91 Å². The number of nitrogens with zero attached hydrogens (tertiary/aromatic N) is 2. The molecule has 2 heterocycles. The zero-order valence-electron chi connectivity index (χ0n) is 14.4. The molecule has 3 rings (SSSR count). The van der Waals surface area contributed by atoms with Crippen molar-refractivity contribution < 1.29 is 9.32 Å². The fraction of sp³-hybridized carbons (Fsp3) is 0.389. The summed E-state index contributed by atoms with van der Waals surface area (Å²) >= 11 is 0. The summed E-state index contributed by atoms with van der Waals surface area (Å²) in [5.41, 5.74) is 2.96. The van der Waals surface area contributed by atoms with Crippen LogP contribution < -0.4 is 5.32 Å². The van der Waals surface area contributed by atoms with E-state index in [-0.39, 0.29) is 11.9 Å². The summed E-state index contributed by atoms with van der Waals surface area (Å²) in [5.74, 6) is 1.52. The average molecular weight is 326 g/mol. The molecule has 1 amide bonds. The Hall–Kier alpha value is -2.63. The number of aromatic amines is 1. The van der Waals surface area contributed by atoms with Crippen LogP contribution in [0.4, 0.5) is 0 Å². The highest BCUT2D eigenvalue weighted by Gasteiger charge is 2.24. The quantitative estimate of drug-likeness (QED) is 0.749. The van der Waals surface area contributed by atoms with Gasteiger partial charge in [0, 0.05) is 0 Å². The van der Waals surface area contributed by atoms with Gasteiger partial charge in [-0.3, -0.25) is 4.79 Å². The van der Waals surface area contributed by atoms with Crippen LogP contribution in [0.5, 0.6) is 0 Å². The van der Waals surface area contributed by atoms with Crippen LogP contribution in [-0.2, 0) is 0 Å². The highest BCUT2D eigenvalue weighted by atomic mass is 16.5. The zero-order chi connectivity index (χ0) is 17.3. The van der Waals surface area contributed by atoms with Gasteiger partial charge in [-0.1, -0.05) is 31.1 Å². The van der Waals surface area contributed by atoms with E-state index in [0.29, 0.717) is 22.9 Å². The Balaban J connectivity index is 1.90. The monoisotopic (exact) mass is 326 g/mol. The van der Waals surface area contributed by atoms with Crippen LogP contribution in [0.3, 0.4) is 0 Å². The number of amides is 1. The number of carbonyl (C=O) groups is 1. The Bertz CT molecular complexity index is 810. The Kier molecular flexibility index (Phi) is 4.38. The Morgan fingerprint density at radius 1 is 1.29 bits per heavy atom. The van der Waals surface area contributed by atoms with E-state index in [1.165, 1.54) is 0 Å². The molecule has 0 aliphatic heterocycles. The van der Waals surface area contributed by atoms with Crippen molar-refractivity contribution in [3.05, 3.63) is 47.1 Å². The van der Waals surface area contributed by atoms with Gasteiger partial charge in [0.1, 0.15) is 17.1 Å². The van der Waals surface area contributed by atoms with Gasteiger partial charge in [0.2, 0.25) is 0 Å². The van der Waals surface area contributed by atoms with Crippen molar-refractivity contribution in [2.45, 2.75) is 40.2 Å². The third-order valence-corrected chi connectivity index (χ3v) is 4.01. The average Bonchev–Trinajstić information content (AvgIpc) is 3.09. The van der Waals surface area contributed by atoms with Crippen LogP contribution in [0.15, 0.2) is 28.8 Å². The molecule has 1 aromatic carbocycles. The van der Waals surface area contributed by atoms with Gasteiger partial charge in [-0.15, -0.1) is 0 Å². The molecule has 0 aliphatic carbocycles. The minimum absolute atomic E-state index is 0.183. The van der Waals surface area contributed by atoms with E-state index in [0.717, 1.165) is 23.3 Å². The molecule has 0 spiro atoms. The molecule has 0 saturated heterocycles. The summed E-state index contributed by atoms with van der Waals surface area (Å²) in [6.07, 6.45) is 0.787. The third-order valence-electron chi connectivity index (χ3n) is 4.01. The Morgan fingerprint density at radius 2 is 2.04 bits per heavy atom. The van der Waals surface area contributed by atoms with Gasteiger partial charge in [-0.25, -0.2) is 4.98 Å². The van der Waals surface area contributed by atoms with Crippen molar-refractivity contribution in [3.8, 4) is 0 Å². The number of aromatic nitrogens is 3. The molecule has 2 aromatic heterocycles. The number of hydrogen-bond donors (Lipinski definition) is 2. The minimum atomic E-state index is -0.196. The van der Waals surface area contributed by atoms with Crippen LogP contribution in [0, 0.1) is 19.8 Å². The molecular weight excluding hydrogens is 304 g/mol. The first kappa shape index (κ1) is 16.2. The molecular formula is C18H22N4O2. The number of benzene rings is 1. The molecule has 0 saturated carbocycles. The van der Waals surface area contributed by atoms with Crippen LogP contribution in [0.2, 0.25) is 0 Å². The lowest BCUT2D eigenvalue weighted by atomic mass is 10.0. The SMILES string of the molecule is Cc1noc(C)c1C(=O)NC(CC(C)C)c1nc2ccccc2[nH]1. The molecule has 0 bridgehead atoms. The van der Waals surface area contributed by atoms with Crippen LogP contribution in [0.1, 0.15) is 53.9 Å². The lowest BCUT2D eigenvalue weighted by Gasteiger charge is -2.18. The lowest BCUT2D eigenvalue weighted by molar-refractivity contribution is 0.0928. The molecule has 1 atom stereocenters. The first-order valence-corrected chi connectivity index (χ1v) is 8.14. The van der Waals surface area contributed by atoms with Crippen molar-refractivity contribution in [3.63, 3.8) is 0 Å². The summed E-state index contributed by atoms with van der Waals surface area (Å²) in [4.78, 5) is 20.6. The van der Waals surface area contributed by atoms with E-state index in [4.69, 9.17) is 4.52 Å². The number of fused-ring (bicyclic) bond motifs is 1. The van der Waals surface area contributed by atoms with Crippen molar-refractivity contribution in [1.82, 2.24) is 20.4 Å². The molecule has 0 radical (unpaired) electrons. The highest BCUT2D eigenvalue weighted by Crippen LogP contribution is 2.23. The zero-order valence-corrected chi connectivity index (χ0v) is 14.4. The van der Waals surface area contributed by atoms with E-state index < -0.39 is 0 Å². The number of hydrogen-bond acceptors (Lipinski definition) is 4. The number of imidazole rings is 1. The van der Waals surface area contributed by atoms with Crippen LogP contribution in [-0.4, -0.2) is 21.0 Å². The van der Waals surface area contributed by atoms with Crippen molar-refractivity contribution in [2.75, 3.05) is 0 Å². The summed E-state index contributed by atoms with van der Waals surface area (Å²) < 4.78 is 5.10. The maximum absolute atomic E-state index is 12.7. The number of H-pyrrole nitrogens is 1. The first-order valence-electron chi connectivity index (χ1n) is 8.14. The predicted molar refractivity (Wildman–Crippen MR) is 91.7 cm³/mol. The summed E-state index contributed by atoms with van der Waals surface area (Å²) in [6.45, 7) is 7.76. The second-order valence-corrected chi connectivity index (χ2v) is 6.49. The van der Waals surface area contributed by atoms with Gasteiger partial charge >= 0.3 is 0 Å². The topological polar surface area (TPSA) is 83.8 Å². The summed E-state index contributed by atoms with van der Waals surface area (Å²) in [6, 6.07) is 7.65. The Morgan fingerprint density at radius 3 is 2.67 bits per heavy atom. The standard InChI is InChI=1S/C18H22N4O2/c1-10(2)9-15(17-19-13-7-5-6-8-14(13)20-17)21-18(23)16-11(3)22-24-12(16)4/h5-8,10,15H,9H2,1-4H3,(H,19,20)(H,21,23). The fourth-order valence-corrected chi connectivity index (χ4v) is 2.89. The van der Waals surface area contributed by atoms with Gasteiger partial charge in [-0.05, 0) is 38.3 Å². The predicted octanol–water partition coefficient (Wildman–Crippen LogP) is 3.68. The normalized spacial score (nSPS) is 12.7. The first-order chi connectivity index (χ1) is 11.5. The number of rotatable bonds is 5. The molecule has 126 valence electrons. The molecule has 6 heteroatoms. The highest BCUT2D eigenvalue weighted by molar-refractivity contribution is 5.96. The van der Waals surface area contributed by atoms with Crippen LogP contribution >= 0.6 is 0 Å². The van der Waals surface area contributed by atoms with E-state index in [2.05, 4.69) is 34.3 Å². The second-order valence-electron chi connectivity index (χ2n) is 6.49.